The molecule has 2 unspecified atom stereocenters. The summed E-state index contributed by atoms with van der Waals surface area (Å²) in [6, 6.07) is 45.5. The number of pyridine rings is 2. The van der Waals surface area contributed by atoms with Crippen LogP contribution in [0.4, 0.5) is 5.69 Å². The molecular weight excluding hydrogens is 735 g/mol. The first-order valence-electron chi connectivity index (χ1n) is 21.0. The van der Waals surface area contributed by atoms with Crippen LogP contribution in [-0.2, 0) is 0 Å². The van der Waals surface area contributed by atoms with E-state index in [0.29, 0.717) is 11.8 Å². The fourth-order valence-corrected chi connectivity index (χ4v) is 9.60. The quantitative estimate of drug-likeness (QED) is 0.167. The van der Waals surface area contributed by atoms with Gasteiger partial charge in [-0.05, 0) is 126 Å². The van der Waals surface area contributed by atoms with Gasteiger partial charge in [0.15, 0.2) is 5.58 Å². The third-order valence-corrected chi connectivity index (χ3v) is 12.5. The molecule has 6 heteroatoms. The molecule has 2 aliphatic rings. The van der Waals surface area contributed by atoms with Gasteiger partial charge < -0.3 is 18.9 Å². The Kier molecular flexibility index (Phi) is 7.82. The Morgan fingerprint density at radius 2 is 1.47 bits per heavy atom. The number of benzene rings is 5. The molecule has 2 aliphatic carbocycles. The van der Waals surface area contributed by atoms with Gasteiger partial charge in [-0.15, -0.1) is 0 Å². The Labute approximate surface area is 347 Å². The summed E-state index contributed by atoms with van der Waals surface area (Å²) in [5.41, 5.74) is 17.0. The Morgan fingerprint density at radius 3 is 2.32 bits per heavy atom. The number of hydrogen-bond acceptors (Lipinski definition) is 4. The average molecular weight is 776 g/mol. The van der Waals surface area contributed by atoms with Crippen molar-refractivity contribution < 1.29 is 4.42 Å². The van der Waals surface area contributed by atoms with E-state index in [1.807, 2.05) is 43.7 Å². The molecule has 5 aromatic carbocycles. The molecule has 0 radical (unpaired) electrons. The van der Waals surface area contributed by atoms with E-state index in [1.165, 1.54) is 17.6 Å². The van der Waals surface area contributed by atoms with Gasteiger partial charge in [-0.1, -0.05) is 85.8 Å². The average Bonchev–Trinajstić information content (AvgIpc) is 3.73. The lowest BCUT2D eigenvalue weighted by molar-refractivity contribution is 0.666. The Morgan fingerprint density at radius 1 is 0.683 bits per heavy atom. The highest BCUT2D eigenvalue weighted by molar-refractivity contribution is 6.13. The van der Waals surface area contributed by atoms with Crippen molar-refractivity contribution in [3.8, 4) is 39.2 Å². The molecule has 0 aliphatic heterocycles. The number of fused-ring (bicyclic) bond motifs is 8. The van der Waals surface area contributed by atoms with Gasteiger partial charge in [0, 0.05) is 52.2 Å². The minimum absolute atomic E-state index is 0.641. The van der Waals surface area contributed by atoms with Gasteiger partial charge in [-0.25, -0.2) is 0 Å². The van der Waals surface area contributed by atoms with Crippen LogP contribution < -0.4 is 5.32 Å². The van der Waals surface area contributed by atoms with Crippen LogP contribution in [0, 0.1) is 11.8 Å². The van der Waals surface area contributed by atoms with Crippen LogP contribution in [0.15, 0.2) is 169 Å². The molecule has 0 saturated heterocycles. The molecule has 288 valence electrons. The smallest absolute Gasteiger partial charge is 0.159 e. The largest absolute Gasteiger partial charge is 0.454 e. The zero-order valence-electron chi connectivity index (χ0n) is 33.4. The predicted molar refractivity (Wildman–Crippen MR) is 249 cm³/mol. The van der Waals surface area contributed by atoms with Crippen molar-refractivity contribution in [2.75, 3.05) is 12.4 Å². The summed E-state index contributed by atoms with van der Waals surface area (Å²) >= 11 is 0. The van der Waals surface area contributed by atoms with Crippen molar-refractivity contribution in [3.05, 3.63) is 170 Å². The summed E-state index contributed by atoms with van der Waals surface area (Å²) in [5.74, 6) is 1.34. The van der Waals surface area contributed by atoms with E-state index in [9.17, 15) is 0 Å². The monoisotopic (exact) mass is 775 g/mol. The molecule has 60 heavy (non-hydrogen) atoms. The second-order valence-electron chi connectivity index (χ2n) is 16.1. The Bertz CT molecular complexity index is 3450. The van der Waals surface area contributed by atoms with Gasteiger partial charge in [0.05, 0.1) is 44.8 Å². The molecule has 5 heterocycles. The van der Waals surface area contributed by atoms with E-state index >= 15 is 0 Å². The van der Waals surface area contributed by atoms with E-state index < -0.39 is 0 Å². The maximum atomic E-state index is 6.85. The number of aromatic nitrogens is 4. The molecular formula is C54H41N5O. The first-order valence-corrected chi connectivity index (χ1v) is 21.0. The molecule has 0 spiro atoms. The van der Waals surface area contributed by atoms with Gasteiger partial charge in [0.2, 0.25) is 0 Å². The fraction of sp³-hybridized carbons (Fsp3) is 0.111. The van der Waals surface area contributed by atoms with Crippen LogP contribution in [0.1, 0.15) is 25.5 Å². The number of hydrogen-bond donors (Lipinski definition) is 1. The van der Waals surface area contributed by atoms with Crippen molar-refractivity contribution in [2.45, 2.75) is 19.8 Å². The van der Waals surface area contributed by atoms with Crippen LogP contribution in [0.2, 0.25) is 0 Å². The van der Waals surface area contributed by atoms with Gasteiger partial charge in [-0.3, -0.25) is 9.97 Å². The van der Waals surface area contributed by atoms with Crippen molar-refractivity contribution in [1.82, 2.24) is 19.1 Å². The van der Waals surface area contributed by atoms with Gasteiger partial charge >= 0.3 is 0 Å². The minimum Gasteiger partial charge on any atom is -0.454 e. The topological polar surface area (TPSA) is 60.8 Å². The molecule has 2 atom stereocenters. The first-order chi connectivity index (χ1) is 29.7. The van der Waals surface area contributed by atoms with Gasteiger partial charge in [0.25, 0.3) is 0 Å². The summed E-state index contributed by atoms with van der Waals surface area (Å²) in [7, 11) is 2.02. The minimum atomic E-state index is 0.641. The van der Waals surface area contributed by atoms with Crippen LogP contribution in [0.25, 0.3) is 106 Å². The number of rotatable bonds is 8. The molecule has 0 amide bonds. The lowest BCUT2D eigenvalue weighted by Gasteiger charge is -2.14. The molecule has 1 N–H and O–H groups in total. The zero-order chi connectivity index (χ0) is 39.9. The van der Waals surface area contributed by atoms with Gasteiger partial charge in [-0.2, -0.15) is 0 Å². The van der Waals surface area contributed by atoms with Crippen LogP contribution in [0.5, 0.6) is 0 Å². The zero-order valence-corrected chi connectivity index (χ0v) is 33.4. The van der Waals surface area contributed by atoms with Crippen molar-refractivity contribution >= 4 is 72.2 Å². The van der Waals surface area contributed by atoms with Crippen LogP contribution in [0.3, 0.4) is 0 Å². The van der Waals surface area contributed by atoms with E-state index in [0.717, 1.165) is 106 Å². The van der Waals surface area contributed by atoms with E-state index in [4.69, 9.17) is 14.4 Å². The van der Waals surface area contributed by atoms with E-state index in [-0.39, 0.29) is 0 Å². The molecule has 1 saturated carbocycles. The van der Waals surface area contributed by atoms with Crippen LogP contribution >= 0.6 is 0 Å². The summed E-state index contributed by atoms with van der Waals surface area (Å²) in [4.78, 5) is 9.68. The number of anilines is 1. The second kappa shape index (κ2) is 13.6. The molecule has 10 aromatic rings. The van der Waals surface area contributed by atoms with Gasteiger partial charge in [0.1, 0.15) is 5.58 Å². The lowest BCUT2D eigenvalue weighted by Crippen LogP contribution is -2.00. The third kappa shape index (κ3) is 5.34. The van der Waals surface area contributed by atoms with Crippen molar-refractivity contribution in [2.24, 2.45) is 11.8 Å². The fourth-order valence-electron chi connectivity index (χ4n) is 9.60. The molecule has 5 aromatic heterocycles. The SMILES string of the molecule is CC/C=C\c1c(NC)c2cc(-c3ccccc3-c3ccccn3)ccc2n1-c1cc(-c2ccc3c(c2)c2ncccc2n3C2=CC3CC3C=C2)cc2c1oc1ccccc12. The van der Waals surface area contributed by atoms with Crippen molar-refractivity contribution in [3.63, 3.8) is 0 Å². The number of nitrogens with zero attached hydrogens (tertiary/aromatic N) is 4. The summed E-state index contributed by atoms with van der Waals surface area (Å²) in [6.07, 6.45) is 17.5. The number of para-hydroxylation sites is 1. The molecule has 12 rings (SSSR count). The standard InChI is InChI=1S/C54H41N5O/c1-3-4-16-48-52(55-2)43-30-35(39-12-5-6-13-40(39)45-15-9-10-25-56-45)21-24-47(43)59(48)50-32-37(31-42-41-14-7-8-18-51(41)60-54(42)50)34-20-23-46-44(29-34)53-49(17-11-26-57-53)58(46)38-22-19-33-27-36(33)28-38/h4-26,28-33,36,55H,3,27H2,1-2H3/b16-4-. The van der Waals surface area contributed by atoms with E-state index in [2.05, 4.69) is 155 Å². The van der Waals surface area contributed by atoms with E-state index in [1.54, 1.807) is 0 Å². The van der Waals surface area contributed by atoms with Crippen LogP contribution in [-0.4, -0.2) is 26.1 Å². The molecule has 6 nitrogen and oxygen atoms in total. The highest BCUT2D eigenvalue weighted by Crippen LogP contribution is 2.47. The highest BCUT2D eigenvalue weighted by Gasteiger charge is 2.35. The second-order valence-corrected chi connectivity index (χ2v) is 16.1. The number of nitrogens with one attached hydrogen (secondary N) is 1. The Balaban J connectivity index is 1.10. The maximum Gasteiger partial charge on any atom is 0.159 e. The first kappa shape index (κ1) is 34.6. The Hall–Kier alpha value is -7.44. The molecule has 1 fully saturated rings. The summed E-state index contributed by atoms with van der Waals surface area (Å²) in [6.45, 7) is 2.18. The maximum absolute atomic E-state index is 6.85. The van der Waals surface area contributed by atoms with Crippen molar-refractivity contribution in [1.29, 1.82) is 0 Å². The molecule has 0 bridgehead atoms. The normalized spacial score (nSPS) is 16.1. The number of furan rings is 1. The highest BCUT2D eigenvalue weighted by atomic mass is 16.3. The third-order valence-electron chi connectivity index (χ3n) is 12.5. The summed E-state index contributed by atoms with van der Waals surface area (Å²) < 4.78 is 11.6. The number of allylic oxidation sites excluding steroid dienone is 5. The lowest BCUT2D eigenvalue weighted by atomic mass is 9.96. The summed E-state index contributed by atoms with van der Waals surface area (Å²) in [5, 5.41) is 8.06. The predicted octanol–water partition coefficient (Wildman–Crippen LogP) is 13.9.